The van der Waals surface area contributed by atoms with E-state index in [0.717, 1.165) is 0 Å². The van der Waals surface area contributed by atoms with Crippen molar-refractivity contribution in [2.75, 3.05) is 17.7 Å². The van der Waals surface area contributed by atoms with E-state index in [1.54, 1.807) is 0 Å². The minimum absolute atomic E-state index is 0. The Morgan fingerprint density at radius 3 is 2.38 bits per heavy atom. The summed E-state index contributed by atoms with van der Waals surface area (Å²) in [7, 11) is -3.93. The van der Waals surface area contributed by atoms with Crippen molar-refractivity contribution in [3.8, 4) is 0 Å². The van der Waals surface area contributed by atoms with Gasteiger partial charge in [0.25, 0.3) is 10.1 Å². The van der Waals surface area contributed by atoms with Crippen LogP contribution in [0.2, 0.25) is 0 Å². The van der Waals surface area contributed by atoms with E-state index in [1.807, 2.05) is 0 Å². The fourth-order valence-electron chi connectivity index (χ4n) is 0.466. The molecule has 0 rings (SSSR count). The maximum Gasteiger partial charge on any atom is 0.316 e. The second-order valence-electron chi connectivity index (χ2n) is 1.99. The van der Waals surface area contributed by atoms with Crippen molar-refractivity contribution >= 4 is 61.6 Å². The molecule has 0 aliphatic heterocycles. The van der Waals surface area contributed by atoms with Crippen LogP contribution in [0.4, 0.5) is 0 Å². The molecule has 0 spiro atoms. The van der Waals surface area contributed by atoms with E-state index in [2.05, 4.69) is 20.7 Å². The minimum Gasteiger partial charge on any atom is -0.465 e. The standard InChI is InChI=1S/C5H9BrO5S.Na/c6-4-5(7)11-2-1-3-12(8,9)10;/h1-4H2,(H,8,9,10);. The van der Waals surface area contributed by atoms with Gasteiger partial charge in [-0.25, -0.2) is 0 Å². The van der Waals surface area contributed by atoms with Crippen LogP contribution in [0.1, 0.15) is 6.42 Å². The van der Waals surface area contributed by atoms with Gasteiger partial charge < -0.3 is 4.74 Å². The fraction of sp³-hybridized carbons (Fsp3) is 0.800. The normalized spacial score (nSPS) is 10.3. The molecule has 0 aromatic carbocycles. The van der Waals surface area contributed by atoms with Crippen molar-refractivity contribution in [3.05, 3.63) is 0 Å². The predicted octanol–water partition coefficient (Wildman–Crippen LogP) is -0.178. The van der Waals surface area contributed by atoms with Gasteiger partial charge >= 0.3 is 5.97 Å². The van der Waals surface area contributed by atoms with Crippen molar-refractivity contribution < 1.29 is 22.5 Å². The zero-order chi connectivity index (χ0) is 9.61. The summed E-state index contributed by atoms with van der Waals surface area (Å²) in [5.41, 5.74) is 0. The van der Waals surface area contributed by atoms with Gasteiger partial charge in [-0.15, -0.1) is 0 Å². The van der Waals surface area contributed by atoms with Crippen LogP contribution < -0.4 is 0 Å². The Morgan fingerprint density at radius 2 is 2.00 bits per heavy atom. The van der Waals surface area contributed by atoms with Gasteiger partial charge in [-0.2, -0.15) is 8.42 Å². The number of hydrogen-bond donors (Lipinski definition) is 1. The van der Waals surface area contributed by atoms with Gasteiger partial charge in [0.2, 0.25) is 0 Å². The molecule has 0 unspecified atom stereocenters. The topological polar surface area (TPSA) is 80.7 Å². The molecule has 0 amide bonds. The van der Waals surface area contributed by atoms with Crippen LogP contribution in [0.3, 0.4) is 0 Å². The van der Waals surface area contributed by atoms with E-state index < -0.39 is 16.1 Å². The van der Waals surface area contributed by atoms with Crippen molar-refractivity contribution in [3.63, 3.8) is 0 Å². The number of alkyl halides is 1. The third-order valence-corrected chi connectivity index (χ3v) is 2.18. The quantitative estimate of drug-likeness (QED) is 0.249. The molecular weight excluding hydrogens is 275 g/mol. The molecule has 0 bridgehead atoms. The van der Waals surface area contributed by atoms with E-state index >= 15 is 0 Å². The second-order valence-corrected chi connectivity index (χ2v) is 4.13. The first kappa shape index (κ1) is 16.3. The molecule has 8 heteroatoms. The first-order valence-electron chi connectivity index (χ1n) is 3.12. The summed E-state index contributed by atoms with van der Waals surface area (Å²) in [4.78, 5) is 10.5. The maximum absolute atomic E-state index is 10.5. The van der Waals surface area contributed by atoms with E-state index in [0.29, 0.717) is 0 Å². The van der Waals surface area contributed by atoms with Crippen LogP contribution in [0.5, 0.6) is 0 Å². The number of hydrogen-bond acceptors (Lipinski definition) is 4. The Balaban J connectivity index is 0. The van der Waals surface area contributed by atoms with Crippen molar-refractivity contribution in [1.82, 2.24) is 0 Å². The van der Waals surface area contributed by atoms with E-state index in [-0.39, 0.29) is 53.7 Å². The smallest absolute Gasteiger partial charge is 0.316 e. The molecule has 1 radical (unpaired) electrons. The molecule has 0 atom stereocenters. The summed E-state index contributed by atoms with van der Waals surface area (Å²) in [6.07, 6.45) is 0.109. The van der Waals surface area contributed by atoms with Crippen molar-refractivity contribution in [2.24, 2.45) is 0 Å². The van der Waals surface area contributed by atoms with Crippen LogP contribution >= 0.6 is 15.9 Å². The summed E-state index contributed by atoms with van der Waals surface area (Å²) in [6, 6.07) is 0. The van der Waals surface area contributed by atoms with Crippen LogP contribution in [0, 0.1) is 0 Å². The summed E-state index contributed by atoms with van der Waals surface area (Å²) in [6.45, 7) is 0.00419. The molecule has 5 nitrogen and oxygen atoms in total. The summed E-state index contributed by atoms with van der Waals surface area (Å²) < 4.78 is 33.1. The van der Waals surface area contributed by atoms with Gasteiger partial charge in [-0.05, 0) is 6.42 Å². The fourth-order valence-corrected chi connectivity index (χ4v) is 1.11. The van der Waals surface area contributed by atoms with Gasteiger partial charge in [0.05, 0.1) is 12.4 Å². The van der Waals surface area contributed by atoms with Crippen LogP contribution in [-0.2, 0) is 19.6 Å². The molecule has 0 fully saturated rings. The maximum atomic E-state index is 10.5. The Labute approximate surface area is 107 Å². The molecule has 1 N–H and O–H groups in total. The second kappa shape index (κ2) is 8.19. The zero-order valence-electron chi connectivity index (χ0n) is 7.19. The molecule has 13 heavy (non-hydrogen) atoms. The molecular formula is C5H9BrNaO5S. The van der Waals surface area contributed by atoms with Crippen LogP contribution in [0.15, 0.2) is 0 Å². The average molecular weight is 284 g/mol. The van der Waals surface area contributed by atoms with Gasteiger partial charge in [-0.1, -0.05) is 15.9 Å². The Bertz CT molecular complexity index is 239. The summed E-state index contributed by atoms with van der Waals surface area (Å²) in [5.74, 6) is -0.840. The third-order valence-electron chi connectivity index (χ3n) is 0.919. The monoisotopic (exact) mass is 283 g/mol. The van der Waals surface area contributed by atoms with E-state index in [1.165, 1.54) is 0 Å². The number of carbonyl (C=O) groups is 1. The predicted molar refractivity (Wildman–Crippen MR) is 51.5 cm³/mol. The van der Waals surface area contributed by atoms with E-state index in [9.17, 15) is 13.2 Å². The zero-order valence-corrected chi connectivity index (χ0v) is 11.6. The van der Waals surface area contributed by atoms with Crippen molar-refractivity contribution in [1.29, 1.82) is 0 Å². The SMILES string of the molecule is O=C(CBr)OCCCS(=O)(=O)O.[Na]. The van der Waals surface area contributed by atoms with Gasteiger partial charge in [0.15, 0.2) is 0 Å². The van der Waals surface area contributed by atoms with Gasteiger partial charge in [-0.3, -0.25) is 9.35 Å². The number of halogens is 1. The summed E-state index contributed by atoms with van der Waals surface area (Å²) >= 11 is 2.86. The number of ether oxygens (including phenoxy) is 1. The van der Waals surface area contributed by atoms with Crippen LogP contribution in [0.25, 0.3) is 0 Å². The first-order valence-corrected chi connectivity index (χ1v) is 5.85. The molecule has 0 saturated carbocycles. The Kier molecular flexibility index (Phi) is 10.3. The molecule has 0 heterocycles. The van der Waals surface area contributed by atoms with E-state index in [4.69, 9.17) is 4.55 Å². The van der Waals surface area contributed by atoms with Gasteiger partial charge in [0, 0.05) is 29.6 Å². The first-order chi connectivity index (χ1) is 5.45. The number of esters is 1. The molecule has 0 aliphatic carbocycles. The molecule has 0 aromatic rings. The third kappa shape index (κ3) is 12.9. The number of carbonyl (C=O) groups excluding carboxylic acids is 1. The largest absolute Gasteiger partial charge is 0.465 e. The average Bonchev–Trinajstić information content (AvgIpc) is 1.96. The molecule has 73 valence electrons. The minimum atomic E-state index is -3.93. The van der Waals surface area contributed by atoms with Gasteiger partial charge in [0.1, 0.15) is 5.33 Å². The number of rotatable bonds is 5. The summed E-state index contributed by atoms with van der Waals surface area (Å²) in [5, 5.41) is 0.0822. The molecule has 0 aromatic heterocycles. The molecule has 0 aliphatic rings. The van der Waals surface area contributed by atoms with Crippen LogP contribution in [-0.4, -0.2) is 66.2 Å². The Hall–Kier alpha value is 0.860. The Morgan fingerprint density at radius 1 is 1.46 bits per heavy atom. The molecule has 0 saturated heterocycles. The van der Waals surface area contributed by atoms with Crippen molar-refractivity contribution in [2.45, 2.75) is 6.42 Å².